The van der Waals surface area contributed by atoms with Gasteiger partial charge in [-0.1, -0.05) is 47.5 Å². The first-order chi connectivity index (χ1) is 10.7. The van der Waals surface area contributed by atoms with E-state index in [1.165, 1.54) is 18.2 Å². The lowest BCUT2D eigenvalue weighted by Gasteiger charge is -2.38. The Morgan fingerprint density at radius 1 is 1.09 bits per heavy atom. The summed E-state index contributed by atoms with van der Waals surface area (Å²) in [4.78, 5) is 22.4. The highest BCUT2D eigenvalue weighted by molar-refractivity contribution is 6.90. The average Bonchev–Trinajstić information content (AvgIpc) is 2.46. The monoisotopic (exact) mass is 330 g/mol. The average molecular weight is 331 g/mol. The van der Waals surface area contributed by atoms with E-state index in [2.05, 4.69) is 53.0 Å². The first-order valence-electron chi connectivity index (χ1n) is 8.02. The van der Waals surface area contributed by atoms with Gasteiger partial charge in [0.2, 0.25) is 0 Å². The third-order valence-corrected chi connectivity index (χ3v) is 11.0. The van der Waals surface area contributed by atoms with Gasteiger partial charge in [-0.25, -0.2) is 4.79 Å². The lowest BCUT2D eigenvalue weighted by Crippen LogP contribution is -2.43. The van der Waals surface area contributed by atoms with Crippen LogP contribution >= 0.6 is 0 Å². The Kier molecular flexibility index (Phi) is 6.34. The van der Waals surface area contributed by atoms with Crippen molar-refractivity contribution in [1.29, 1.82) is 0 Å². The molecule has 0 unspecified atom stereocenters. The zero-order valence-electron chi connectivity index (χ0n) is 14.8. The van der Waals surface area contributed by atoms with Crippen LogP contribution in [0.1, 0.15) is 67.8 Å². The van der Waals surface area contributed by atoms with Crippen molar-refractivity contribution in [3.63, 3.8) is 0 Å². The summed E-state index contributed by atoms with van der Waals surface area (Å²) in [6, 6.07) is 4.47. The van der Waals surface area contributed by atoms with Gasteiger partial charge in [0.25, 0.3) is 0 Å². The van der Waals surface area contributed by atoms with Crippen molar-refractivity contribution in [3.8, 4) is 11.5 Å². The quantitative estimate of drug-likeness (QED) is 0.481. The molecule has 4 heteroatoms. The molecular formula is C19H26O3Si. The second-order valence-corrected chi connectivity index (χ2v) is 12.5. The molecule has 0 aliphatic carbocycles. The van der Waals surface area contributed by atoms with E-state index in [0.29, 0.717) is 27.8 Å². The fourth-order valence-corrected chi connectivity index (χ4v) is 8.73. The molecule has 0 bridgehead atoms. The van der Waals surface area contributed by atoms with E-state index in [4.69, 9.17) is 5.11 Å². The summed E-state index contributed by atoms with van der Waals surface area (Å²) in [6.07, 6.45) is 0.735. The number of benzene rings is 1. The summed E-state index contributed by atoms with van der Waals surface area (Å²) in [5.41, 5.74) is 6.09. The van der Waals surface area contributed by atoms with Gasteiger partial charge in [0.15, 0.2) is 6.29 Å². The number of carboxylic acid groups (broad SMARTS) is 1. The summed E-state index contributed by atoms with van der Waals surface area (Å²) in [6.45, 7) is 13.3. The Morgan fingerprint density at radius 3 is 2.00 bits per heavy atom. The van der Waals surface area contributed by atoms with Crippen LogP contribution in [0.4, 0.5) is 0 Å². The molecule has 0 atom stereocenters. The summed E-state index contributed by atoms with van der Waals surface area (Å²) >= 11 is 0. The Hall–Kier alpha value is -1.86. The maximum atomic E-state index is 11.2. The number of aromatic carboxylic acids is 1. The van der Waals surface area contributed by atoms with Gasteiger partial charge in [0, 0.05) is 11.1 Å². The largest absolute Gasteiger partial charge is 0.478 e. The van der Waals surface area contributed by atoms with Crippen LogP contribution in [0.15, 0.2) is 18.2 Å². The molecule has 0 aliphatic heterocycles. The molecule has 124 valence electrons. The van der Waals surface area contributed by atoms with Crippen molar-refractivity contribution in [1.82, 2.24) is 0 Å². The van der Waals surface area contributed by atoms with E-state index in [0.717, 1.165) is 6.29 Å². The van der Waals surface area contributed by atoms with E-state index >= 15 is 0 Å². The topological polar surface area (TPSA) is 54.4 Å². The van der Waals surface area contributed by atoms with Crippen LogP contribution < -0.4 is 0 Å². The van der Waals surface area contributed by atoms with Crippen molar-refractivity contribution < 1.29 is 14.7 Å². The number of rotatable bonds is 5. The molecule has 0 fully saturated rings. The molecule has 1 aromatic rings. The molecule has 3 nitrogen and oxygen atoms in total. The molecule has 0 aliphatic rings. The highest BCUT2D eigenvalue weighted by atomic mass is 28.3. The van der Waals surface area contributed by atoms with Gasteiger partial charge in [-0.2, -0.15) is 0 Å². The van der Waals surface area contributed by atoms with Gasteiger partial charge in [-0.05, 0) is 34.8 Å². The van der Waals surface area contributed by atoms with Crippen LogP contribution in [0, 0.1) is 11.5 Å². The van der Waals surface area contributed by atoms with Gasteiger partial charge >= 0.3 is 5.97 Å². The lowest BCUT2D eigenvalue weighted by molar-refractivity contribution is 0.0696. The molecule has 0 heterocycles. The third-order valence-electron chi connectivity index (χ3n) is 4.71. The number of carbonyl (C=O) groups is 2. The summed E-state index contributed by atoms with van der Waals surface area (Å²) in [5.74, 6) is 2.15. The zero-order valence-corrected chi connectivity index (χ0v) is 15.8. The highest BCUT2D eigenvalue weighted by Crippen LogP contribution is 2.40. The van der Waals surface area contributed by atoms with Crippen molar-refractivity contribution in [2.75, 3.05) is 0 Å². The molecule has 23 heavy (non-hydrogen) atoms. The zero-order chi connectivity index (χ0) is 17.8. The maximum Gasteiger partial charge on any atom is 0.335 e. The number of hydrogen-bond donors (Lipinski definition) is 1. The SMILES string of the molecule is CC(C)[Si](C#Cc1cc(C(=O)O)ccc1C=O)(C(C)C)C(C)C. The van der Waals surface area contributed by atoms with Crippen LogP contribution in [-0.4, -0.2) is 25.4 Å². The van der Waals surface area contributed by atoms with Gasteiger partial charge in [-0.15, -0.1) is 5.54 Å². The van der Waals surface area contributed by atoms with E-state index < -0.39 is 14.0 Å². The van der Waals surface area contributed by atoms with Crippen molar-refractivity contribution in [2.24, 2.45) is 0 Å². The number of carbonyl (C=O) groups excluding carboxylic acids is 1. The summed E-state index contributed by atoms with van der Waals surface area (Å²) in [7, 11) is -1.92. The van der Waals surface area contributed by atoms with Gasteiger partial charge in [0.05, 0.1) is 5.56 Å². The Morgan fingerprint density at radius 2 is 1.61 bits per heavy atom. The minimum atomic E-state index is -1.92. The van der Waals surface area contributed by atoms with Gasteiger partial charge in [0.1, 0.15) is 8.07 Å². The smallest absolute Gasteiger partial charge is 0.335 e. The van der Waals surface area contributed by atoms with Crippen LogP contribution in [0.5, 0.6) is 0 Å². The lowest BCUT2D eigenvalue weighted by atomic mass is 10.1. The van der Waals surface area contributed by atoms with E-state index in [9.17, 15) is 9.59 Å². The fourth-order valence-electron chi connectivity index (χ4n) is 3.51. The molecule has 0 amide bonds. The van der Waals surface area contributed by atoms with Crippen molar-refractivity contribution in [2.45, 2.75) is 58.2 Å². The van der Waals surface area contributed by atoms with Gasteiger partial charge in [-0.3, -0.25) is 4.79 Å². The van der Waals surface area contributed by atoms with E-state index in [1.54, 1.807) is 0 Å². The first-order valence-corrected chi connectivity index (χ1v) is 10.3. The predicted octanol–water partition coefficient (Wildman–Crippen LogP) is 4.77. The standard InChI is InChI=1S/C19H26O3Si/c1-13(2)23(14(3)4,15(5)6)10-9-16-11-17(19(21)22)7-8-18(16)12-20/h7-8,11-15H,1-6H3,(H,21,22). The second kappa shape index (κ2) is 7.61. The third kappa shape index (κ3) is 3.91. The molecule has 0 saturated carbocycles. The number of carboxylic acids is 1. The molecule has 0 saturated heterocycles. The van der Waals surface area contributed by atoms with Crippen LogP contribution in [0.25, 0.3) is 0 Å². The Bertz CT molecular complexity index is 627. The van der Waals surface area contributed by atoms with Crippen molar-refractivity contribution in [3.05, 3.63) is 34.9 Å². The van der Waals surface area contributed by atoms with Crippen LogP contribution in [-0.2, 0) is 0 Å². The second-order valence-electron chi connectivity index (χ2n) is 6.87. The minimum absolute atomic E-state index is 0.158. The molecule has 1 N–H and O–H groups in total. The molecule has 0 aromatic heterocycles. The highest BCUT2D eigenvalue weighted by Gasteiger charge is 2.41. The Labute approximate surface area is 140 Å². The number of hydrogen-bond acceptors (Lipinski definition) is 2. The predicted molar refractivity (Wildman–Crippen MR) is 96.7 cm³/mol. The normalized spacial score (nSPS) is 11.5. The van der Waals surface area contributed by atoms with Crippen molar-refractivity contribution >= 4 is 20.3 Å². The van der Waals surface area contributed by atoms with Crippen LogP contribution in [0.2, 0.25) is 16.6 Å². The minimum Gasteiger partial charge on any atom is -0.478 e. The molecule has 1 aromatic carbocycles. The maximum absolute atomic E-state index is 11.2. The molecule has 0 spiro atoms. The summed E-state index contributed by atoms with van der Waals surface area (Å²) in [5, 5.41) is 9.14. The molecular weight excluding hydrogens is 304 g/mol. The van der Waals surface area contributed by atoms with E-state index in [-0.39, 0.29) is 5.56 Å². The fraction of sp³-hybridized carbons (Fsp3) is 0.474. The van der Waals surface area contributed by atoms with Gasteiger partial charge < -0.3 is 5.11 Å². The first kappa shape index (κ1) is 19.2. The summed E-state index contributed by atoms with van der Waals surface area (Å²) < 4.78 is 0. The van der Waals surface area contributed by atoms with Crippen LogP contribution in [0.3, 0.4) is 0 Å². The molecule has 1 rings (SSSR count). The Balaban J connectivity index is 3.50. The van der Waals surface area contributed by atoms with E-state index in [1.807, 2.05) is 0 Å². The molecule has 0 radical (unpaired) electrons. The number of aldehydes is 1.